The Morgan fingerprint density at radius 2 is 1.18 bits per heavy atom. The van der Waals surface area contributed by atoms with Crippen LogP contribution in [0.15, 0.2) is 126 Å². The van der Waals surface area contributed by atoms with E-state index in [1.54, 1.807) is 0 Å². The number of fused-ring (bicyclic) bond motifs is 4. The standard InChI is InChI=1S/C31H20N2O/c1-2-8-21(9-3-1)23-14-17-24(18-15-23)30-29(26-19-16-22-10-4-5-11-25(22)20-26)32-31-33(30)27-12-6-7-13-28(27)34-31/h1-20H. The smallest absolute Gasteiger partial charge is 0.307 e. The first kappa shape index (κ1) is 18.9. The van der Waals surface area contributed by atoms with Crippen LogP contribution in [0.2, 0.25) is 0 Å². The van der Waals surface area contributed by atoms with Crippen LogP contribution in [0.5, 0.6) is 0 Å². The maximum absolute atomic E-state index is 6.15. The number of benzene rings is 5. The number of rotatable bonds is 3. The summed E-state index contributed by atoms with van der Waals surface area (Å²) in [5.41, 5.74) is 8.37. The molecule has 7 aromatic rings. The molecule has 0 radical (unpaired) electrons. The average molecular weight is 437 g/mol. The van der Waals surface area contributed by atoms with E-state index < -0.39 is 0 Å². The van der Waals surface area contributed by atoms with Crippen LogP contribution < -0.4 is 0 Å². The molecule has 0 amide bonds. The van der Waals surface area contributed by atoms with Crippen molar-refractivity contribution >= 4 is 27.7 Å². The van der Waals surface area contributed by atoms with Crippen molar-refractivity contribution in [2.45, 2.75) is 0 Å². The van der Waals surface area contributed by atoms with Crippen LogP contribution in [0.4, 0.5) is 0 Å². The van der Waals surface area contributed by atoms with Gasteiger partial charge in [-0.1, -0.05) is 103 Å². The Hall–Kier alpha value is -4.63. The van der Waals surface area contributed by atoms with Gasteiger partial charge < -0.3 is 4.42 Å². The summed E-state index contributed by atoms with van der Waals surface area (Å²) in [7, 11) is 0. The molecule has 0 bridgehead atoms. The highest BCUT2D eigenvalue weighted by Crippen LogP contribution is 2.37. The van der Waals surface area contributed by atoms with Crippen LogP contribution in [0.3, 0.4) is 0 Å². The molecule has 3 nitrogen and oxygen atoms in total. The SMILES string of the molecule is c1ccc(-c2ccc(-c3c(-c4ccc5ccccc5c4)nc4oc5ccccc5n34)cc2)cc1. The van der Waals surface area contributed by atoms with Gasteiger partial charge >= 0.3 is 5.84 Å². The Labute approximate surface area is 196 Å². The Kier molecular flexibility index (Phi) is 4.15. The lowest BCUT2D eigenvalue weighted by Gasteiger charge is -2.08. The van der Waals surface area contributed by atoms with Crippen LogP contribution in [-0.4, -0.2) is 9.38 Å². The normalized spacial score (nSPS) is 11.5. The van der Waals surface area contributed by atoms with Gasteiger partial charge in [0.05, 0.1) is 11.2 Å². The number of oxazole rings is 1. The highest BCUT2D eigenvalue weighted by Gasteiger charge is 2.21. The molecular formula is C31H20N2O. The molecule has 0 spiro atoms. The largest absolute Gasteiger partial charge is 0.423 e. The molecule has 0 N–H and O–H groups in total. The number of hydrogen-bond acceptors (Lipinski definition) is 2. The molecule has 0 saturated carbocycles. The fraction of sp³-hybridized carbons (Fsp3) is 0. The van der Waals surface area contributed by atoms with Crippen molar-refractivity contribution in [3.63, 3.8) is 0 Å². The highest BCUT2D eigenvalue weighted by atomic mass is 16.4. The summed E-state index contributed by atoms with van der Waals surface area (Å²) in [4.78, 5) is 4.98. The van der Waals surface area contributed by atoms with Crippen molar-refractivity contribution in [3.05, 3.63) is 121 Å². The zero-order chi connectivity index (χ0) is 22.5. The quantitative estimate of drug-likeness (QED) is 0.279. The lowest BCUT2D eigenvalue weighted by molar-refractivity contribution is 0.642. The van der Waals surface area contributed by atoms with Crippen molar-refractivity contribution in [1.82, 2.24) is 9.38 Å². The van der Waals surface area contributed by atoms with Gasteiger partial charge in [-0.15, -0.1) is 0 Å². The minimum absolute atomic E-state index is 0.603. The lowest BCUT2D eigenvalue weighted by atomic mass is 9.99. The lowest BCUT2D eigenvalue weighted by Crippen LogP contribution is -1.90. The van der Waals surface area contributed by atoms with Crippen LogP contribution in [0, 0.1) is 0 Å². The third kappa shape index (κ3) is 2.95. The van der Waals surface area contributed by atoms with Crippen molar-refractivity contribution < 1.29 is 4.42 Å². The van der Waals surface area contributed by atoms with Crippen LogP contribution in [0.1, 0.15) is 0 Å². The molecular weight excluding hydrogens is 416 g/mol. The van der Waals surface area contributed by atoms with E-state index in [9.17, 15) is 0 Å². The predicted octanol–water partition coefficient (Wildman–Crippen LogP) is 8.23. The summed E-state index contributed by atoms with van der Waals surface area (Å²) in [6.07, 6.45) is 0. The molecule has 0 aliphatic carbocycles. The summed E-state index contributed by atoms with van der Waals surface area (Å²) in [5, 5.41) is 2.41. The maximum Gasteiger partial charge on any atom is 0.307 e. The molecule has 0 atom stereocenters. The monoisotopic (exact) mass is 436 g/mol. The predicted molar refractivity (Wildman–Crippen MR) is 139 cm³/mol. The summed E-state index contributed by atoms with van der Waals surface area (Å²) in [5.74, 6) is 0.603. The van der Waals surface area contributed by atoms with Gasteiger partial charge in [-0.05, 0) is 40.1 Å². The number of para-hydroxylation sites is 2. The van der Waals surface area contributed by atoms with Gasteiger partial charge in [0.1, 0.15) is 5.69 Å². The van der Waals surface area contributed by atoms with Crippen molar-refractivity contribution in [1.29, 1.82) is 0 Å². The van der Waals surface area contributed by atoms with Gasteiger partial charge in [-0.2, -0.15) is 4.98 Å². The molecule has 0 fully saturated rings. The Bertz CT molecular complexity index is 1790. The van der Waals surface area contributed by atoms with E-state index in [0.717, 1.165) is 33.6 Å². The topological polar surface area (TPSA) is 30.4 Å². The zero-order valence-electron chi connectivity index (χ0n) is 18.3. The molecule has 0 aliphatic heterocycles. The van der Waals surface area contributed by atoms with E-state index in [1.165, 1.54) is 21.9 Å². The van der Waals surface area contributed by atoms with Crippen molar-refractivity contribution in [2.75, 3.05) is 0 Å². The van der Waals surface area contributed by atoms with E-state index >= 15 is 0 Å². The van der Waals surface area contributed by atoms with Crippen LogP contribution in [-0.2, 0) is 0 Å². The number of nitrogens with zero attached hydrogens (tertiary/aromatic N) is 2. The Morgan fingerprint density at radius 3 is 2.03 bits per heavy atom. The fourth-order valence-corrected chi connectivity index (χ4v) is 4.77. The van der Waals surface area contributed by atoms with E-state index in [-0.39, 0.29) is 0 Å². The van der Waals surface area contributed by atoms with E-state index in [2.05, 4.69) is 101 Å². The Balaban J connectivity index is 1.48. The van der Waals surface area contributed by atoms with Crippen LogP contribution in [0.25, 0.3) is 61.4 Å². The molecule has 0 unspecified atom stereocenters. The molecule has 3 heteroatoms. The summed E-state index contributed by atoms with van der Waals surface area (Å²) < 4.78 is 8.29. The second-order valence-corrected chi connectivity index (χ2v) is 8.50. The molecule has 2 heterocycles. The van der Waals surface area contributed by atoms with Gasteiger partial charge in [0.25, 0.3) is 0 Å². The minimum Gasteiger partial charge on any atom is -0.423 e. The van der Waals surface area contributed by atoms with E-state index in [1.807, 2.05) is 24.3 Å². The first-order chi connectivity index (χ1) is 16.8. The summed E-state index contributed by atoms with van der Waals surface area (Å²) in [6.45, 7) is 0. The first-order valence-corrected chi connectivity index (χ1v) is 11.4. The van der Waals surface area contributed by atoms with Gasteiger partial charge in [-0.3, -0.25) is 4.40 Å². The molecule has 160 valence electrons. The third-order valence-electron chi connectivity index (χ3n) is 6.44. The summed E-state index contributed by atoms with van der Waals surface area (Å²) >= 11 is 0. The molecule has 7 rings (SSSR count). The second kappa shape index (κ2) is 7.46. The molecule has 2 aromatic heterocycles. The molecule has 0 saturated heterocycles. The van der Waals surface area contributed by atoms with Crippen molar-refractivity contribution in [3.8, 4) is 33.6 Å². The Morgan fingerprint density at radius 1 is 0.529 bits per heavy atom. The third-order valence-corrected chi connectivity index (χ3v) is 6.44. The van der Waals surface area contributed by atoms with E-state index in [4.69, 9.17) is 9.40 Å². The summed E-state index contributed by atoms with van der Waals surface area (Å²) in [6, 6.07) is 42.2. The number of aromatic nitrogens is 2. The molecule has 34 heavy (non-hydrogen) atoms. The zero-order valence-corrected chi connectivity index (χ0v) is 18.3. The van der Waals surface area contributed by atoms with Gasteiger partial charge in [0, 0.05) is 11.1 Å². The number of hydrogen-bond donors (Lipinski definition) is 0. The molecule has 5 aromatic carbocycles. The molecule has 0 aliphatic rings. The highest BCUT2D eigenvalue weighted by molar-refractivity contribution is 5.92. The maximum atomic E-state index is 6.15. The van der Waals surface area contributed by atoms with Gasteiger partial charge in [-0.25, -0.2) is 0 Å². The number of imidazole rings is 1. The van der Waals surface area contributed by atoms with Gasteiger partial charge in [0.2, 0.25) is 0 Å². The first-order valence-electron chi connectivity index (χ1n) is 11.4. The van der Waals surface area contributed by atoms with E-state index in [0.29, 0.717) is 5.84 Å². The van der Waals surface area contributed by atoms with Crippen LogP contribution >= 0.6 is 0 Å². The van der Waals surface area contributed by atoms with Gasteiger partial charge in [0.15, 0.2) is 5.58 Å². The average Bonchev–Trinajstić information content (AvgIpc) is 3.45. The van der Waals surface area contributed by atoms with Crippen molar-refractivity contribution in [2.24, 2.45) is 0 Å². The second-order valence-electron chi connectivity index (χ2n) is 8.50. The minimum atomic E-state index is 0.603. The fourth-order valence-electron chi connectivity index (χ4n) is 4.77.